The third-order valence-corrected chi connectivity index (χ3v) is 2.42. The SMILES string of the molecule is CC(C)(C)C(O)([C]=O)c1ccccc1. The zero-order valence-electron chi connectivity index (χ0n) is 8.74. The van der Waals surface area contributed by atoms with E-state index in [-0.39, 0.29) is 0 Å². The summed E-state index contributed by atoms with van der Waals surface area (Å²) in [5.41, 5.74) is -1.51. The molecular formula is C12H15O2. The van der Waals surface area contributed by atoms with E-state index in [1.165, 1.54) is 0 Å². The van der Waals surface area contributed by atoms with Gasteiger partial charge < -0.3 is 5.11 Å². The molecule has 1 rings (SSSR count). The van der Waals surface area contributed by atoms with Crippen LogP contribution in [-0.2, 0) is 10.4 Å². The van der Waals surface area contributed by atoms with Crippen LogP contribution in [0.1, 0.15) is 26.3 Å². The Morgan fingerprint density at radius 3 is 2.00 bits per heavy atom. The Labute approximate surface area is 84.6 Å². The molecule has 1 N–H and O–H groups in total. The second-order valence-electron chi connectivity index (χ2n) is 4.43. The Morgan fingerprint density at radius 2 is 1.64 bits per heavy atom. The van der Waals surface area contributed by atoms with Crippen molar-refractivity contribution < 1.29 is 9.90 Å². The van der Waals surface area contributed by atoms with Gasteiger partial charge in [-0.15, -0.1) is 0 Å². The van der Waals surface area contributed by atoms with Gasteiger partial charge in [-0.05, 0) is 5.56 Å². The minimum atomic E-state index is -1.53. The second kappa shape index (κ2) is 3.54. The molecule has 1 atom stereocenters. The van der Waals surface area contributed by atoms with Crippen LogP contribution >= 0.6 is 0 Å². The summed E-state index contributed by atoms with van der Waals surface area (Å²) in [4.78, 5) is 10.9. The maximum Gasteiger partial charge on any atom is 0.238 e. The van der Waals surface area contributed by atoms with Crippen LogP contribution in [-0.4, -0.2) is 11.4 Å². The molecule has 0 amide bonds. The Balaban J connectivity index is 3.22. The van der Waals surface area contributed by atoms with Crippen molar-refractivity contribution >= 4 is 6.29 Å². The summed E-state index contributed by atoms with van der Waals surface area (Å²) in [5, 5.41) is 10.2. The zero-order chi connectivity index (χ0) is 10.8. The number of hydrogen-bond acceptors (Lipinski definition) is 2. The van der Waals surface area contributed by atoms with E-state index in [1.807, 2.05) is 26.8 Å². The fourth-order valence-electron chi connectivity index (χ4n) is 1.32. The Morgan fingerprint density at radius 1 is 1.14 bits per heavy atom. The van der Waals surface area contributed by atoms with E-state index >= 15 is 0 Å². The average molecular weight is 191 g/mol. The molecule has 0 saturated heterocycles. The molecule has 0 aliphatic rings. The number of aliphatic hydroxyl groups is 1. The van der Waals surface area contributed by atoms with Crippen LogP contribution in [0.3, 0.4) is 0 Å². The summed E-state index contributed by atoms with van der Waals surface area (Å²) in [5.74, 6) is 0. The number of benzene rings is 1. The van der Waals surface area contributed by atoms with Gasteiger partial charge in [0.15, 0.2) is 5.60 Å². The molecule has 1 aromatic rings. The van der Waals surface area contributed by atoms with E-state index in [2.05, 4.69) is 0 Å². The van der Waals surface area contributed by atoms with Crippen LogP contribution in [0.2, 0.25) is 0 Å². The highest BCUT2D eigenvalue weighted by Crippen LogP contribution is 2.37. The van der Waals surface area contributed by atoms with E-state index in [0.29, 0.717) is 5.56 Å². The highest BCUT2D eigenvalue weighted by atomic mass is 16.3. The fraction of sp³-hybridized carbons (Fsp3) is 0.417. The van der Waals surface area contributed by atoms with Crippen molar-refractivity contribution in [2.75, 3.05) is 0 Å². The average Bonchev–Trinajstić information content (AvgIpc) is 2.16. The second-order valence-corrected chi connectivity index (χ2v) is 4.43. The van der Waals surface area contributed by atoms with Crippen LogP contribution in [0.25, 0.3) is 0 Å². The van der Waals surface area contributed by atoms with Crippen LogP contribution in [0.5, 0.6) is 0 Å². The molecule has 0 heterocycles. The van der Waals surface area contributed by atoms with Gasteiger partial charge in [-0.25, -0.2) is 0 Å². The lowest BCUT2D eigenvalue weighted by Gasteiger charge is -2.35. The number of rotatable bonds is 2. The van der Waals surface area contributed by atoms with Crippen molar-refractivity contribution in [2.45, 2.75) is 26.4 Å². The van der Waals surface area contributed by atoms with Crippen LogP contribution < -0.4 is 0 Å². The van der Waals surface area contributed by atoms with Gasteiger partial charge in [0.1, 0.15) is 0 Å². The predicted molar refractivity (Wildman–Crippen MR) is 55.5 cm³/mol. The van der Waals surface area contributed by atoms with Gasteiger partial charge in [0, 0.05) is 5.41 Å². The fourth-order valence-corrected chi connectivity index (χ4v) is 1.32. The van der Waals surface area contributed by atoms with Crippen molar-refractivity contribution in [3.05, 3.63) is 35.9 Å². The van der Waals surface area contributed by atoms with Gasteiger partial charge in [-0.3, -0.25) is 4.79 Å². The van der Waals surface area contributed by atoms with E-state index < -0.39 is 11.0 Å². The first kappa shape index (κ1) is 10.9. The third kappa shape index (κ3) is 1.70. The Kier molecular flexibility index (Phi) is 2.76. The summed E-state index contributed by atoms with van der Waals surface area (Å²) >= 11 is 0. The minimum Gasteiger partial charge on any atom is -0.376 e. The van der Waals surface area contributed by atoms with Gasteiger partial charge in [-0.1, -0.05) is 51.1 Å². The van der Waals surface area contributed by atoms with E-state index in [9.17, 15) is 9.90 Å². The quantitative estimate of drug-likeness (QED) is 0.776. The summed E-state index contributed by atoms with van der Waals surface area (Å²) in [6.45, 7) is 5.43. The molecule has 2 nitrogen and oxygen atoms in total. The summed E-state index contributed by atoms with van der Waals surface area (Å²) in [6.07, 6.45) is 1.74. The first-order valence-corrected chi connectivity index (χ1v) is 4.59. The number of carbonyl (C=O) groups excluding carboxylic acids is 1. The molecule has 2 heteroatoms. The van der Waals surface area contributed by atoms with Crippen molar-refractivity contribution in [3.63, 3.8) is 0 Å². The van der Waals surface area contributed by atoms with E-state index in [1.54, 1.807) is 30.6 Å². The smallest absolute Gasteiger partial charge is 0.238 e. The normalized spacial score (nSPS) is 16.0. The van der Waals surface area contributed by atoms with Crippen LogP contribution in [0.4, 0.5) is 0 Å². The van der Waals surface area contributed by atoms with Gasteiger partial charge >= 0.3 is 0 Å². The van der Waals surface area contributed by atoms with Crippen molar-refractivity contribution in [3.8, 4) is 0 Å². The molecule has 75 valence electrons. The predicted octanol–water partition coefficient (Wildman–Crippen LogP) is 2.03. The maximum absolute atomic E-state index is 10.9. The Bertz CT molecular complexity index is 311. The van der Waals surface area contributed by atoms with Gasteiger partial charge in [0.05, 0.1) is 0 Å². The van der Waals surface area contributed by atoms with Crippen LogP contribution in [0, 0.1) is 5.41 Å². The third-order valence-electron chi connectivity index (χ3n) is 2.42. The summed E-state index contributed by atoms with van der Waals surface area (Å²) in [6, 6.07) is 8.90. The topological polar surface area (TPSA) is 37.3 Å². The zero-order valence-corrected chi connectivity index (χ0v) is 8.74. The molecule has 0 bridgehead atoms. The maximum atomic E-state index is 10.9. The van der Waals surface area contributed by atoms with Gasteiger partial charge in [0.25, 0.3) is 0 Å². The lowest BCUT2D eigenvalue weighted by Crippen LogP contribution is -2.41. The molecule has 0 aliphatic heterocycles. The summed E-state index contributed by atoms with van der Waals surface area (Å²) < 4.78 is 0. The lowest BCUT2D eigenvalue weighted by molar-refractivity contribution is -0.000759. The van der Waals surface area contributed by atoms with Crippen molar-refractivity contribution in [1.82, 2.24) is 0 Å². The minimum absolute atomic E-state index is 0.559. The number of hydrogen-bond donors (Lipinski definition) is 1. The van der Waals surface area contributed by atoms with Crippen molar-refractivity contribution in [1.29, 1.82) is 0 Å². The molecule has 14 heavy (non-hydrogen) atoms. The molecule has 0 spiro atoms. The van der Waals surface area contributed by atoms with Crippen LogP contribution in [0.15, 0.2) is 30.3 Å². The largest absolute Gasteiger partial charge is 0.376 e. The highest BCUT2D eigenvalue weighted by Gasteiger charge is 2.42. The van der Waals surface area contributed by atoms with Gasteiger partial charge in [-0.2, -0.15) is 0 Å². The molecular weight excluding hydrogens is 176 g/mol. The monoisotopic (exact) mass is 191 g/mol. The standard InChI is InChI=1S/C12H15O2/c1-11(2,3)12(14,9-13)10-7-5-4-6-8-10/h4-8,14H,1-3H3. The lowest BCUT2D eigenvalue weighted by atomic mass is 9.73. The first-order valence-electron chi connectivity index (χ1n) is 4.59. The first-order chi connectivity index (χ1) is 6.42. The van der Waals surface area contributed by atoms with Crippen molar-refractivity contribution in [2.24, 2.45) is 5.41 Å². The highest BCUT2D eigenvalue weighted by molar-refractivity contribution is 5.67. The molecule has 1 aromatic carbocycles. The van der Waals surface area contributed by atoms with E-state index in [0.717, 1.165) is 0 Å². The molecule has 0 fully saturated rings. The molecule has 0 aromatic heterocycles. The molecule has 1 radical (unpaired) electrons. The molecule has 0 aliphatic carbocycles. The Hall–Kier alpha value is -1.15. The van der Waals surface area contributed by atoms with E-state index in [4.69, 9.17) is 0 Å². The molecule has 0 saturated carbocycles. The van der Waals surface area contributed by atoms with Gasteiger partial charge in [0.2, 0.25) is 6.29 Å². The molecule has 1 unspecified atom stereocenters. The summed E-state index contributed by atoms with van der Waals surface area (Å²) in [7, 11) is 0.